The van der Waals surface area contributed by atoms with Crippen molar-refractivity contribution in [2.45, 2.75) is 79.4 Å². The normalized spacial score (nSPS) is 12.3. The third-order valence-corrected chi connectivity index (χ3v) is 7.38. The summed E-state index contributed by atoms with van der Waals surface area (Å²) in [6.45, 7) is 12.1. The first-order chi connectivity index (χ1) is 16.8. The lowest BCUT2D eigenvalue weighted by molar-refractivity contribution is -0.141. The second-order valence-electron chi connectivity index (χ2n) is 9.81. The van der Waals surface area contributed by atoms with Gasteiger partial charge in [0.25, 0.3) is 0 Å². The van der Waals surface area contributed by atoms with Gasteiger partial charge in [0.2, 0.25) is 21.8 Å². The summed E-state index contributed by atoms with van der Waals surface area (Å²) in [6.07, 6.45) is 2.13. The van der Waals surface area contributed by atoms with E-state index in [2.05, 4.69) is 5.32 Å². The molecule has 1 atom stereocenters. The minimum absolute atomic E-state index is 0.0382. The van der Waals surface area contributed by atoms with Gasteiger partial charge in [-0.1, -0.05) is 42.8 Å². The van der Waals surface area contributed by atoms with Gasteiger partial charge in [-0.15, -0.1) is 0 Å². The predicted octanol–water partition coefficient (Wildman–Crippen LogP) is 4.49. The number of carbonyl (C=O) groups is 2. The minimum Gasteiger partial charge on any atom is -0.352 e. The molecule has 0 spiro atoms. The highest BCUT2D eigenvalue weighted by atomic mass is 32.2. The summed E-state index contributed by atoms with van der Waals surface area (Å²) >= 11 is 0. The third-order valence-electron chi connectivity index (χ3n) is 6.18. The topological polar surface area (TPSA) is 86.8 Å². The Morgan fingerprint density at radius 2 is 1.69 bits per heavy atom. The van der Waals surface area contributed by atoms with Crippen molar-refractivity contribution in [3.8, 4) is 0 Å². The van der Waals surface area contributed by atoms with Crippen molar-refractivity contribution in [2.75, 3.05) is 17.1 Å². The average molecular weight is 516 g/mol. The molecule has 2 rings (SSSR count). The lowest BCUT2D eigenvalue weighted by Gasteiger charge is -2.31. The first-order valence-corrected chi connectivity index (χ1v) is 14.4. The predicted molar refractivity (Wildman–Crippen MR) is 146 cm³/mol. The number of carbonyl (C=O) groups excluding carboxylic acids is 2. The van der Waals surface area contributed by atoms with Gasteiger partial charge in [0, 0.05) is 25.6 Å². The van der Waals surface area contributed by atoms with Crippen molar-refractivity contribution in [1.29, 1.82) is 0 Å². The molecule has 0 saturated carbocycles. The van der Waals surface area contributed by atoms with Crippen LogP contribution in [0.25, 0.3) is 0 Å². The monoisotopic (exact) mass is 515 g/mol. The van der Waals surface area contributed by atoms with E-state index in [0.717, 1.165) is 22.3 Å². The van der Waals surface area contributed by atoms with Crippen LogP contribution in [0.2, 0.25) is 0 Å². The first kappa shape index (κ1) is 29.4. The number of amides is 2. The summed E-state index contributed by atoms with van der Waals surface area (Å²) in [5, 5.41) is 2.93. The smallest absolute Gasteiger partial charge is 0.243 e. The number of nitrogens with zero attached hydrogens (tertiary/aromatic N) is 2. The second kappa shape index (κ2) is 12.9. The number of benzene rings is 2. The van der Waals surface area contributed by atoms with Crippen molar-refractivity contribution in [3.63, 3.8) is 0 Å². The average Bonchev–Trinajstić information content (AvgIpc) is 2.77. The molecule has 0 aliphatic heterocycles. The van der Waals surface area contributed by atoms with Crippen LogP contribution in [0, 0.1) is 20.8 Å². The van der Waals surface area contributed by atoms with Crippen LogP contribution >= 0.6 is 0 Å². The molecule has 0 heterocycles. The van der Waals surface area contributed by atoms with E-state index in [-0.39, 0.29) is 30.8 Å². The first-order valence-electron chi connectivity index (χ1n) is 12.5. The molecule has 0 aromatic heterocycles. The fraction of sp³-hybridized carbons (Fsp3) is 0.500. The Kier molecular flexibility index (Phi) is 10.5. The van der Waals surface area contributed by atoms with E-state index in [0.29, 0.717) is 25.1 Å². The van der Waals surface area contributed by atoms with Crippen LogP contribution in [-0.4, -0.2) is 50.0 Å². The Morgan fingerprint density at radius 1 is 1.00 bits per heavy atom. The van der Waals surface area contributed by atoms with Crippen LogP contribution in [0.15, 0.2) is 42.5 Å². The lowest BCUT2D eigenvalue weighted by atomic mass is 10.1. The summed E-state index contributed by atoms with van der Waals surface area (Å²) < 4.78 is 26.4. The highest BCUT2D eigenvalue weighted by molar-refractivity contribution is 7.92. The van der Waals surface area contributed by atoms with Gasteiger partial charge in [-0.25, -0.2) is 8.42 Å². The molecular weight excluding hydrogens is 474 g/mol. The molecular formula is C28H41N3O4S. The van der Waals surface area contributed by atoms with Crippen molar-refractivity contribution in [1.82, 2.24) is 10.2 Å². The van der Waals surface area contributed by atoms with Crippen molar-refractivity contribution in [3.05, 3.63) is 64.7 Å². The molecule has 1 unspecified atom stereocenters. The molecule has 0 aliphatic rings. The van der Waals surface area contributed by atoms with Crippen molar-refractivity contribution < 1.29 is 18.0 Å². The zero-order valence-electron chi connectivity index (χ0n) is 22.7. The van der Waals surface area contributed by atoms with Gasteiger partial charge in [0.05, 0.1) is 11.9 Å². The number of aryl methyl sites for hydroxylation is 3. The van der Waals surface area contributed by atoms with E-state index in [1.54, 1.807) is 11.0 Å². The number of hydrogen-bond donors (Lipinski definition) is 1. The lowest BCUT2D eigenvalue weighted by Crippen LogP contribution is -2.50. The largest absolute Gasteiger partial charge is 0.352 e. The zero-order chi connectivity index (χ0) is 27.0. The summed E-state index contributed by atoms with van der Waals surface area (Å²) in [7, 11) is -3.52. The van der Waals surface area contributed by atoms with E-state index in [9.17, 15) is 18.0 Å². The highest BCUT2D eigenvalue weighted by Gasteiger charge is 2.29. The van der Waals surface area contributed by atoms with Gasteiger partial charge in [0.15, 0.2) is 0 Å². The van der Waals surface area contributed by atoms with Gasteiger partial charge >= 0.3 is 0 Å². The molecule has 7 nitrogen and oxygen atoms in total. The van der Waals surface area contributed by atoms with E-state index in [4.69, 9.17) is 0 Å². The molecule has 0 fully saturated rings. The Hall–Kier alpha value is -2.87. The molecule has 0 saturated heterocycles. The van der Waals surface area contributed by atoms with Crippen LogP contribution in [0.3, 0.4) is 0 Å². The SMILES string of the molecule is CCC(C(=O)NC(C)C)N(Cc1cccc(C)c1)C(=O)CCCN(c1ccc(C)c(C)c1)S(C)(=O)=O. The summed E-state index contributed by atoms with van der Waals surface area (Å²) in [6, 6.07) is 12.8. The maximum absolute atomic E-state index is 13.5. The maximum atomic E-state index is 13.5. The number of anilines is 1. The van der Waals surface area contributed by atoms with Gasteiger partial charge in [0.1, 0.15) is 6.04 Å². The van der Waals surface area contributed by atoms with Crippen molar-refractivity contribution in [2.24, 2.45) is 0 Å². The van der Waals surface area contributed by atoms with Gasteiger partial charge in [-0.05, 0) is 76.3 Å². The highest BCUT2D eigenvalue weighted by Crippen LogP contribution is 2.22. The van der Waals surface area contributed by atoms with Crippen molar-refractivity contribution >= 4 is 27.5 Å². The molecule has 2 aromatic rings. The molecule has 0 radical (unpaired) electrons. The van der Waals surface area contributed by atoms with E-state index < -0.39 is 16.1 Å². The Balaban J connectivity index is 2.23. The van der Waals surface area contributed by atoms with E-state index in [1.165, 1.54) is 10.6 Å². The zero-order valence-corrected chi connectivity index (χ0v) is 23.5. The third kappa shape index (κ3) is 8.36. The molecule has 2 amide bonds. The fourth-order valence-corrected chi connectivity index (χ4v) is 5.15. The molecule has 8 heteroatoms. The Morgan fingerprint density at radius 3 is 2.25 bits per heavy atom. The minimum atomic E-state index is -3.52. The van der Waals surface area contributed by atoms with E-state index in [1.807, 2.05) is 77.9 Å². The van der Waals surface area contributed by atoms with Crippen LogP contribution in [0.5, 0.6) is 0 Å². The van der Waals surface area contributed by atoms with Gasteiger partial charge in [-0.3, -0.25) is 13.9 Å². The second-order valence-corrected chi connectivity index (χ2v) is 11.7. The number of hydrogen-bond acceptors (Lipinski definition) is 4. The van der Waals surface area contributed by atoms with Gasteiger partial charge in [-0.2, -0.15) is 0 Å². The Labute approximate surface area is 216 Å². The summed E-state index contributed by atoms with van der Waals surface area (Å²) in [4.78, 5) is 28.1. The number of nitrogens with one attached hydrogen (secondary N) is 1. The number of sulfonamides is 1. The number of rotatable bonds is 12. The molecule has 1 N–H and O–H groups in total. The Bertz CT molecular complexity index is 1160. The maximum Gasteiger partial charge on any atom is 0.243 e. The van der Waals surface area contributed by atoms with Crippen LogP contribution in [0.1, 0.15) is 62.3 Å². The molecule has 2 aromatic carbocycles. The standard InChI is InChI=1S/C28H41N3O4S/c1-8-26(28(33)29-20(2)3)30(19-24-12-9-11-21(4)17-24)27(32)13-10-16-31(36(7,34)35)25-15-14-22(5)23(6)18-25/h9,11-12,14-15,17-18,20,26H,8,10,13,16,19H2,1-7H3,(H,29,33). The molecule has 36 heavy (non-hydrogen) atoms. The fourth-order valence-electron chi connectivity index (χ4n) is 4.19. The molecule has 0 aliphatic carbocycles. The summed E-state index contributed by atoms with van der Waals surface area (Å²) in [5.41, 5.74) is 4.71. The van der Waals surface area contributed by atoms with E-state index >= 15 is 0 Å². The summed E-state index contributed by atoms with van der Waals surface area (Å²) in [5.74, 6) is -0.350. The molecule has 0 bridgehead atoms. The van der Waals surface area contributed by atoms with Crippen LogP contribution in [0.4, 0.5) is 5.69 Å². The quantitative estimate of drug-likeness (QED) is 0.451. The van der Waals surface area contributed by atoms with Crippen LogP contribution in [-0.2, 0) is 26.2 Å². The van der Waals surface area contributed by atoms with Gasteiger partial charge < -0.3 is 10.2 Å². The van der Waals surface area contributed by atoms with Crippen LogP contribution < -0.4 is 9.62 Å². The molecule has 198 valence electrons.